The zero-order valence-corrected chi connectivity index (χ0v) is 26.4. The van der Waals surface area contributed by atoms with Gasteiger partial charge in [0.25, 0.3) is 11.8 Å². The summed E-state index contributed by atoms with van der Waals surface area (Å²) in [5.41, 5.74) is 4.63. The van der Waals surface area contributed by atoms with E-state index in [9.17, 15) is 19.5 Å². The quantitative estimate of drug-likeness (QED) is 0.215. The van der Waals surface area contributed by atoms with Crippen LogP contribution in [-0.4, -0.2) is 58.3 Å². The number of hydrogen-bond acceptors (Lipinski definition) is 7. The van der Waals surface area contributed by atoms with Crippen molar-refractivity contribution in [1.29, 1.82) is 0 Å². The topological polar surface area (TPSA) is 133 Å². The summed E-state index contributed by atoms with van der Waals surface area (Å²) in [6.07, 6.45) is 2.50. The first kappa shape index (κ1) is 33.2. The third kappa shape index (κ3) is 9.14. The number of methoxy groups -OCH3 is 1. The van der Waals surface area contributed by atoms with Gasteiger partial charge in [-0.15, -0.1) is 0 Å². The fraction of sp³-hybridized carbons (Fsp3) is 0.371. The zero-order valence-electron chi connectivity index (χ0n) is 26.4. The molecule has 0 radical (unpaired) electrons. The largest absolute Gasteiger partial charge is 0.453 e. The van der Waals surface area contributed by atoms with Crippen molar-refractivity contribution < 1.29 is 24.2 Å². The number of nitrogens with one attached hydrogen (secondary N) is 3. The van der Waals surface area contributed by atoms with Crippen molar-refractivity contribution in [2.75, 3.05) is 13.7 Å². The van der Waals surface area contributed by atoms with Gasteiger partial charge in [-0.3, -0.25) is 15.0 Å². The lowest BCUT2D eigenvalue weighted by Gasteiger charge is -2.35. The van der Waals surface area contributed by atoms with E-state index in [-0.39, 0.29) is 19.1 Å². The van der Waals surface area contributed by atoms with E-state index in [0.717, 1.165) is 29.5 Å². The molecule has 0 unspecified atom stereocenters. The molecular formula is C35H41N5O5. The third-order valence-corrected chi connectivity index (χ3v) is 7.57. The maximum Gasteiger partial charge on any atom is 0.407 e. The predicted molar refractivity (Wildman–Crippen MR) is 170 cm³/mol. The Kier molecular flexibility index (Phi) is 10.6. The van der Waals surface area contributed by atoms with Gasteiger partial charge in [-0.25, -0.2) is 14.8 Å². The van der Waals surface area contributed by atoms with Crippen LogP contribution in [0.1, 0.15) is 68.1 Å². The molecule has 236 valence electrons. The van der Waals surface area contributed by atoms with Crippen molar-refractivity contribution >= 4 is 17.9 Å². The number of carbonyl (C=O) groups excluding carboxylic acids is 3. The van der Waals surface area contributed by atoms with Gasteiger partial charge >= 0.3 is 6.09 Å². The molecule has 0 saturated carbocycles. The maximum absolute atomic E-state index is 13.6. The average molecular weight is 612 g/mol. The molecule has 2 aromatic carbocycles. The van der Waals surface area contributed by atoms with Crippen LogP contribution in [-0.2, 0) is 27.3 Å². The number of benzene rings is 2. The number of fused-ring (bicyclic) bond motifs is 1. The Bertz CT molecular complexity index is 1570. The lowest BCUT2D eigenvalue weighted by Crippen LogP contribution is -2.60. The number of alkyl carbamates (subject to hydrolysis) is 1. The Morgan fingerprint density at radius 3 is 2.51 bits per heavy atom. The van der Waals surface area contributed by atoms with E-state index >= 15 is 0 Å². The van der Waals surface area contributed by atoms with E-state index in [1.807, 2.05) is 87.5 Å². The van der Waals surface area contributed by atoms with Crippen molar-refractivity contribution in [2.24, 2.45) is 5.41 Å². The number of aromatic nitrogens is 1. The molecule has 3 atom stereocenters. The van der Waals surface area contributed by atoms with Crippen molar-refractivity contribution in [2.45, 2.75) is 64.8 Å². The van der Waals surface area contributed by atoms with Gasteiger partial charge in [0.2, 0.25) is 0 Å². The molecule has 1 heterocycles. The molecule has 1 aromatic heterocycles. The number of nitrogens with zero attached hydrogens (tertiary/aromatic N) is 2. The lowest BCUT2D eigenvalue weighted by atomic mass is 9.86. The predicted octanol–water partition coefficient (Wildman–Crippen LogP) is 3.64. The summed E-state index contributed by atoms with van der Waals surface area (Å²) in [5.74, 6) is 5.05. The van der Waals surface area contributed by atoms with Crippen molar-refractivity contribution in [3.8, 4) is 11.8 Å². The molecule has 0 saturated heterocycles. The lowest BCUT2D eigenvalue weighted by molar-refractivity contribution is -0.145. The molecule has 4 rings (SSSR count). The molecule has 3 amide bonds. The summed E-state index contributed by atoms with van der Waals surface area (Å²) in [6, 6.07) is 19.7. The summed E-state index contributed by atoms with van der Waals surface area (Å²) in [4.78, 5) is 43.4. The molecule has 3 aromatic rings. The maximum atomic E-state index is 13.6. The van der Waals surface area contributed by atoms with Crippen molar-refractivity contribution in [3.05, 3.63) is 101 Å². The standard InChI is InChI=1S/C35H41N5O5/c1-34(2,3)30(38-33(43)45-5)31(41)39-40(22-25-12-10-11-24(21-25)16-18-27-14-8-9-20-36-27)23-35(4,44)32(42)37-29-19-17-26-13-6-7-15-28(26)29/h6-15,20-21,29-30,44H,17,19,22-23H2,1-5H3,(H,37,42)(H,38,43)(H,39,41)/t29-,30-,35+/m1/s1. The number of rotatable bonds is 9. The molecule has 1 aliphatic rings. The molecule has 10 heteroatoms. The number of hydrogen-bond donors (Lipinski definition) is 4. The van der Waals surface area contributed by atoms with Gasteiger partial charge < -0.3 is 20.5 Å². The van der Waals surface area contributed by atoms with Crippen molar-refractivity contribution in [3.63, 3.8) is 0 Å². The normalized spacial score (nSPS) is 15.9. The second kappa shape index (κ2) is 14.4. The van der Waals surface area contributed by atoms with Crippen LogP contribution >= 0.6 is 0 Å². The van der Waals surface area contributed by atoms with E-state index in [4.69, 9.17) is 4.74 Å². The van der Waals surface area contributed by atoms with Crippen LogP contribution in [0.3, 0.4) is 0 Å². The van der Waals surface area contributed by atoms with Gasteiger partial charge in [-0.05, 0) is 72.1 Å². The minimum absolute atomic E-state index is 0.135. The van der Waals surface area contributed by atoms with Gasteiger partial charge in [-0.1, -0.05) is 69.2 Å². The molecule has 10 nitrogen and oxygen atoms in total. The van der Waals surface area contributed by atoms with Gasteiger partial charge in [0.05, 0.1) is 19.7 Å². The number of ether oxygens (including phenoxy) is 1. The number of pyridine rings is 1. The fourth-order valence-corrected chi connectivity index (χ4v) is 5.21. The van der Waals surface area contributed by atoms with Crippen LogP contribution in [0.25, 0.3) is 0 Å². The fourth-order valence-electron chi connectivity index (χ4n) is 5.21. The minimum atomic E-state index is -1.88. The molecule has 0 bridgehead atoms. The molecular weight excluding hydrogens is 570 g/mol. The first-order valence-corrected chi connectivity index (χ1v) is 14.9. The number of aryl methyl sites for hydroxylation is 1. The molecule has 45 heavy (non-hydrogen) atoms. The van der Waals surface area contributed by atoms with E-state index in [0.29, 0.717) is 5.69 Å². The Hall–Kier alpha value is -4.72. The van der Waals surface area contributed by atoms with E-state index < -0.39 is 35.0 Å². The minimum Gasteiger partial charge on any atom is -0.453 e. The third-order valence-electron chi connectivity index (χ3n) is 7.57. The van der Waals surface area contributed by atoms with Crippen LogP contribution in [0.2, 0.25) is 0 Å². The van der Waals surface area contributed by atoms with Crippen LogP contribution in [0.4, 0.5) is 4.79 Å². The van der Waals surface area contributed by atoms with Crippen LogP contribution in [0.15, 0.2) is 72.9 Å². The monoisotopic (exact) mass is 611 g/mol. The zero-order chi connectivity index (χ0) is 32.6. The van der Waals surface area contributed by atoms with Crippen LogP contribution in [0.5, 0.6) is 0 Å². The van der Waals surface area contributed by atoms with E-state index in [1.54, 1.807) is 6.20 Å². The highest BCUT2D eigenvalue weighted by molar-refractivity contribution is 5.87. The second-order valence-electron chi connectivity index (χ2n) is 12.5. The summed E-state index contributed by atoms with van der Waals surface area (Å²) in [5, 5.41) is 18.5. The second-order valence-corrected chi connectivity index (χ2v) is 12.5. The highest BCUT2D eigenvalue weighted by Crippen LogP contribution is 2.31. The number of aliphatic hydroxyl groups is 1. The number of hydrazine groups is 1. The average Bonchev–Trinajstić information content (AvgIpc) is 3.41. The Labute approximate surface area is 264 Å². The van der Waals surface area contributed by atoms with Gasteiger partial charge in [0.15, 0.2) is 5.60 Å². The first-order valence-electron chi connectivity index (χ1n) is 14.9. The number of amides is 3. The summed E-state index contributed by atoms with van der Waals surface area (Å²) in [6.45, 7) is 6.75. The van der Waals surface area contributed by atoms with Gasteiger partial charge in [0, 0.05) is 18.3 Å². The molecule has 0 aliphatic heterocycles. The summed E-state index contributed by atoms with van der Waals surface area (Å²) in [7, 11) is 1.22. The molecule has 0 fully saturated rings. The summed E-state index contributed by atoms with van der Waals surface area (Å²) < 4.78 is 4.74. The van der Waals surface area contributed by atoms with E-state index in [2.05, 4.69) is 32.9 Å². The summed E-state index contributed by atoms with van der Waals surface area (Å²) >= 11 is 0. The Balaban J connectivity index is 1.56. The van der Waals surface area contributed by atoms with E-state index in [1.165, 1.54) is 24.6 Å². The van der Waals surface area contributed by atoms with Crippen molar-refractivity contribution in [1.82, 2.24) is 26.1 Å². The highest BCUT2D eigenvalue weighted by Gasteiger charge is 2.38. The SMILES string of the molecule is COC(=O)N[C@H](C(=O)NN(Cc1cccc(C#Cc2ccccn2)c1)C[C@](C)(O)C(=O)N[C@@H]1CCc2ccccc21)C(C)(C)C. The first-order chi connectivity index (χ1) is 21.4. The van der Waals surface area contributed by atoms with Gasteiger partial charge in [0.1, 0.15) is 11.7 Å². The van der Waals surface area contributed by atoms with Crippen LogP contribution in [0, 0.1) is 17.3 Å². The van der Waals surface area contributed by atoms with Gasteiger partial charge in [-0.2, -0.15) is 0 Å². The smallest absolute Gasteiger partial charge is 0.407 e. The highest BCUT2D eigenvalue weighted by atomic mass is 16.5. The molecule has 1 aliphatic carbocycles. The Morgan fingerprint density at radius 2 is 1.80 bits per heavy atom. The number of carbonyl (C=O) groups is 3. The Morgan fingerprint density at radius 1 is 1.04 bits per heavy atom. The molecule has 0 spiro atoms. The molecule has 4 N–H and O–H groups in total. The van der Waals surface area contributed by atoms with Crippen LogP contribution < -0.4 is 16.1 Å².